The van der Waals surface area contributed by atoms with Crippen molar-refractivity contribution < 1.29 is 26.4 Å². The Bertz CT molecular complexity index is 912. The minimum absolute atomic E-state index is 0.291. The molecule has 3 rings (SSSR count). The number of carbonyl (C=O) groups is 1. The first-order valence-electron chi connectivity index (χ1n) is 8.23. The lowest BCUT2D eigenvalue weighted by Crippen LogP contribution is -2.33. The fourth-order valence-electron chi connectivity index (χ4n) is 2.77. The van der Waals surface area contributed by atoms with E-state index in [1.807, 2.05) is 6.07 Å². The number of aryl methyl sites for hydroxylation is 2. The summed E-state index contributed by atoms with van der Waals surface area (Å²) in [6.07, 6.45) is -0.460. The molecular formula is C17H17F3N2O3S2. The summed E-state index contributed by atoms with van der Waals surface area (Å²) < 4.78 is 61.7. The molecule has 5 nitrogen and oxygen atoms in total. The number of anilines is 1. The van der Waals surface area contributed by atoms with Crippen molar-refractivity contribution in [3.8, 4) is 0 Å². The lowest BCUT2D eigenvalue weighted by Gasteiger charge is -2.10. The number of sulfonamides is 1. The van der Waals surface area contributed by atoms with Gasteiger partial charge in [0, 0.05) is 10.6 Å². The molecular weight excluding hydrogens is 401 g/mol. The largest absolute Gasteiger partial charge is 0.402 e. The molecule has 0 atom stereocenters. The minimum Gasteiger partial charge on any atom is -0.321 e. The van der Waals surface area contributed by atoms with Gasteiger partial charge in [0.05, 0.1) is 9.77 Å². The topological polar surface area (TPSA) is 75.3 Å². The van der Waals surface area contributed by atoms with Crippen molar-refractivity contribution in [2.75, 3.05) is 11.9 Å². The maximum atomic E-state index is 12.4. The van der Waals surface area contributed by atoms with Gasteiger partial charge in [-0.15, -0.1) is 11.3 Å². The molecule has 0 aliphatic heterocycles. The van der Waals surface area contributed by atoms with E-state index in [9.17, 15) is 26.4 Å². The highest BCUT2D eigenvalue weighted by molar-refractivity contribution is 7.89. The Balaban J connectivity index is 1.66. The highest BCUT2D eigenvalue weighted by Gasteiger charge is 2.30. The molecule has 0 fully saturated rings. The third kappa shape index (κ3) is 5.08. The molecule has 1 aromatic carbocycles. The highest BCUT2D eigenvalue weighted by Crippen LogP contribution is 2.30. The normalized spacial score (nSPS) is 14.6. The Kier molecular flexibility index (Phi) is 5.59. The van der Waals surface area contributed by atoms with Crippen molar-refractivity contribution in [1.82, 2.24) is 4.72 Å². The van der Waals surface area contributed by atoms with Crippen LogP contribution in [0.5, 0.6) is 0 Å². The van der Waals surface area contributed by atoms with E-state index in [1.54, 1.807) is 0 Å². The summed E-state index contributed by atoms with van der Waals surface area (Å²) in [4.78, 5) is 13.9. The Hall–Kier alpha value is -1.91. The number of hydrogen-bond donors (Lipinski definition) is 2. The van der Waals surface area contributed by atoms with Gasteiger partial charge in [-0.25, -0.2) is 13.1 Å². The van der Waals surface area contributed by atoms with Crippen LogP contribution in [-0.2, 0) is 22.9 Å². The summed E-state index contributed by atoms with van der Waals surface area (Å²) in [5.74, 6) is -0.291. The molecule has 1 amide bonds. The molecule has 0 unspecified atom stereocenters. The first-order chi connectivity index (χ1) is 12.6. The van der Waals surface area contributed by atoms with Crippen LogP contribution >= 0.6 is 11.3 Å². The van der Waals surface area contributed by atoms with E-state index in [0.717, 1.165) is 37.8 Å². The fraction of sp³-hybridized carbons (Fsp3) is 0.353. The van der Waals surface area contributed by atoms with Gasteiger partial charge in [-0.05, 0) is 61.6 Å². The minimum atomic E-state index is -4.64. The summed E-state index contributed by atoms with van der Waals surface area (Å²) >= 11 is 1.45. The number of nitrogens with one attached hydrogen (secondary N) is 2. The molecule has 2 N–H and O–H groups in total. The van der Waals surface area contributed by atoms with E-state index in [-0.39, 0.29) is 10.8 Å². The van der Waals surface area contributed by atoms with E-state index < -0.39 is 22.7 Å². The second kappa shape index (κ2) is 7.61. The van der Waals surface area contributed by atoms with Crippen molar-refractivity contribution in [2.24, 2.45) is 0 Å². The van der Waals surface area contributed by atoms with Gasteiger partial charge >= 0.3 is 6.18 Å². The van der Waals surface area contributed by atoms with Crippen molar-refractivity contribution in [1.29, 1.82) is 0 Å². The van der Waals surface area contributed by atoms with Crippen LogP contribution in [0.3, 0.4) is 0 Å². The molecule has 27 heavy (non-hydrogen) atoms. The average Bonchev–Trinajstić information content (AvgIpc) is 3.04. The van der Waals surface area contributed by atoms with Gasteiger partial charge in [0.2, 0.25) is 10.0 Å². The molecule has 0 radical (unpaired) electrons. The zero-order valence-electron chi connectivity index (χ0n) is 14.1. The van der Waals surface area contributed by atoms with Crippen LogP contribution in [0, 0.1) is 0 Å². The molecule has 2 aromatic rings. The molecule has 1 heterocycles. The third-order valence-electron chi connectivity index (χ3n) is 4.11. The van der Waals surface area contributed by atoms with Crippen molar-refractivity contribution >= 4 is 33.0 Å². The summed E-state index contributed by atoms with van der Waals surface area (Å²) in [5, 5.41) is 2.68. The second-order valence-electron chi connectivity index (χ2n) is 6.18. The smallest absolute Gasteiger partial charge is 0.321 e. The number of rotatable bonds is 5. The van der Waals surface area contributed by atoms with Crippen LogP contribution in [0.4, 0.5) is 18.9 Å². The van der Waals surface area contributed by atoms with Crippen LogP contribution in [0.15, 0.2) is 35.2 Å². The third-order valence-corrected chi connectivity index (χ3v) is 6.76. The van der Waals surface area contributed by atoms with Crippen molar-refractivity contribution in [3.05, 3.63) is 45.6 Å². The number of carbonyl (C=O) groups excluding carboxylic acids is 1. The first-order valence-corrected chi connectivity index (χ1v) is 10.5. The lowest BCUT2D eigenvalue weighted by atomic mass is 9.99. The van der Waals surface area contributed by atoms with Crippen LogP contribution in [0.2, 0.25) is 0 Å². The monoisotopic (exact) mass is 418 g/mol. The molecule has 1 aliphatic carbocycles. The molecule has 0 saturated carbocycles. The Morgan fingerprint density at radius 2 is 1.78 bits per heavy atom. The first kappa shape index (κ1) is 19.8. The van der Waals surface area contributed by atoms with E-state index >= 15 is 0 Å². The standard InChI is InChI=1S/C17H17F3N2O3S2/c18-17(19,20)10-21-27(24,25)13-7-5-12(6-8-13)22-16(23)15-9-11-3-1-2-4-14(11)26-15/h5-9,21H,1-4,10H2,(H,22,23). The Morgan fingerprint density at radius 1 is 1.11 bits per heavy atom. The fourth-order valence-corrected chi connectivity index (χ4v) is 4.94. The number of thiophene rings is 1. The molecule has 0 saturated heterocycles. The number of fused-ring (bicyclic) bond motifs is 1. The number of amides is 1. The number of hydrogen-bond acceptors (Lipinski definition) is 4. The van der Waals surface area contributed by atoms with E-state index in [1.165, 1.54) is 38.6 Å². The van der Waals surface area contributed by atoms with Crippen LogP contribution in [0.25, 0.3) is 0 Å². The SMILES string of the molecule is O=C(Nc1ccc(S(=O)(=O)NCC(F)(F)F)cc1)c1cc2c(s1)CCCC2. The zero-order chi connectivity index (χ0) is 19.7. The van der Waals surface area contributed by atoms with Gasteiger partial charge in [0.1, 0.15) is 6.54 Å². The van der Waals surface area contributed by atoms with Gasteiger partial charge in [0.15, 0.2) is 0 Å². The van der Waals surface area contributed by atoms with Gasteiger partial charge in [-0.2, -0.15) is 13.2 Å². The van der Waals surface area contributed by atoms with E-state index in [4.69, 9.17) is 0 Å². The average molecular weight is 418 g/mol. The number of alkyl halides is 3. The van der Waals surface area contributed by atoms with E-state index in [0.29, 0.717) is 10.6 Å². The predicted octanol–water partition coefficient (Wildman–Crippen LogP) is 3.72. The maximum Gasteiger partial charge on any atom is 0.402 e. The van der Waals surface area contributed by atoms with Crippen LogP contribution < -0.4 is 10.0 Å². The molecule has 146 valence electrons. The molecule has 0 spiro atoms. The summed E-state index contributed by atoms with van der Waals surface area (Å²) in [5.41, 5.74) is 1.56. The van der Waals surface area contributed by atoms with Gasteiger partial charge in [-0.3, -0.25) is 4.79 Å². The highest BCUT2D eigenvalue weighted by atomic mass is 32.2. The van der Waals surface area contributed by atoms with Crippen molar-refractivity contribution in [3.63, 3.8) is 0 Å². The summed E-state index contributed by atoms with van der Waals surface area (Å²) in [6.45, 7) is -1.64. The second-order valence-corrected chi connectivity index (χ2v) is 9.09. The van der Waals surface area contributed by atoms with E-state index in [2.05, 4.69) is 5.32 Å². The van der Waals surface area contributed by atoms with Crippen molar-refractivity contribution in [2.45, 2.75) is 36.8 Å². The van der Waals surface area contributed by atoms with Gasteiger partial charge < -0.3 is 5.32 Å². The predicted molar refractivity (Wildman–Crippen MR) is 96.6 cm³/mol. The Labute approximate surface area is 158 Å². The quantitative estimate of drug-likeness (QED) is 0.777. The van der Waals surface area contributed by atoms with Crippen LogP contribution in [-0.4, -0.2) is 27.0 Å². The van der Waals surface area contributed by atoms with Gasteiger partial charge in [-0.1, -0.05) is 0 Å². The Morgan fingerprint density at radius 3 is 2.41 bits per heavy atom. The summed E-state index contributed by atoms with van der Waals surface area (Å²) in [6, 6.07) is 6.86. The van der Waals surface area contributed by atoms with Gasteiger partial charge in [0.25, 0.3) is 5.91 Å². The summed E-state index contributed by atoms with van der Waals surface area (Å²) in [7, 11) is -4.27. The maximum absolute atomic E-state index is 12.4. The molecule has 0 bridgehead atoms. The number of benzene rings is 1. The van der Waals surface area contributed by atoms with Crippen LogP contribution in [0.1, 0.15) is 33.0 Å². The molecule has 10 heteroatoms. The molecule has 1 aliphatic rings. The number of halogens is 3. The molecule has 1 aromatic heterocycles. The zero-order valence-corrected chi connectivity index (χ0v) is 15.7. The lowest BCUT2D eigenvalue weighted by molar-refractivity contribution is -0.121.